The smallest absolute Gasteiger partial charge is 0.0587 e. The molecule has 0 fully saturated rings. The second-order valence-electron chi connectivity index (χ2n) is 4.71. The molecule has 0 aliphatic rings. The lowest BCUT2D eigenvalue weighted by Crippen LogP contribution is -2.35. The molecule has 0 saturated carbocycles. The van der Waals surface area contributed by atoms with Gasteiger partial charge in [-0.3, -0.25) is 9.97 Å². The lowest BCUT2D eigenvalue weighted by atomic mass is 9.84. The number of nitrogens with two attached hydrogens (primary N) is 1. The zero-order chi connectivity index (χ0) is 10.6. The first-order valence-corrected chi connectivity index (χ1v) is 5.00. The summed E-state index contributed by atoms with van der Waals surface area (Å²) in [5.41, 5.74) is 7.24. The van der Waals surface area contributed by atoms with Gasteiger partial charge in [0.2, 0.25) is 0 Å². The van der Waals surface area contributed by atoms with Gasteiger partial charge >= 0.3 is 0 Å². The SMILES string of the molecule is CC(C)(C)C(N)CCc1cnccn1. The topological polar surface area (TPSA) is 51.8 Å². The van der Waals surface area contributed by atoms with E-state index in [1.165, 1.54) is 0 Å². The molecule has 0 aromatic carbocycles. The number of rotatable bonds is 3. The van der Waals surface area contributed by atoms with Crippen LogP contribution in [0.4, 0.5) is 0 Å². The number of aryl methyl sites for hydroxylation is 1. The average Bonchev–Trinajstić information content (AvgIpc) is 2.14. The third-order valence-corrected chi connectivity index (χ3v) is 2.44. The van der Waals surface area contributed by atoms with Gasteiger partial charge in [-0.2, -0.15) is 0 Å². The Balaban J connectivity index is 2.42. The zero-order valence-electron chi connectivity index (χ0n) is 9.20. The minimum atomic E-state index is 0.169. The van der Waals surface area contributed by atoms with E-state index in [0.717, 1.165) is 18.5 Å². The Morgan fingerprint density at radius 2 is 2.07 bits per heavy atom. The van der Waals surface area contributed by atoms with E-state index in [-0.39, 0.29) is 11.5 Å². The maximum Gasteiger partial charge on any atom is 0.0587 e. The van der Waals surface area contributed by atoms with Crippen molar-refractivity contribution in [2.75, 3.05) is 0 Å². The molecular formula is C11H19N3. The third-order valence-electron chi connectivity index (χ3n) is 2.44. The second kappa shape index (κ2) is 4.51. The molecule has 2 N–H and O–H groups in total. The molecule has 1 atom stereocenters. The fourth-order valence-electron chi connectivity index (χ4n) is 1.20. The Morgan fingerprint density at radius 3 is 2.57 bits per heavy atom. The predicted molar refractivity (Wildman–Crippen MR) is 57.8 cm³/mol. The van der Waals surface area contributed by atoms with Crippen molar-refractivity contribution in [3.05, 3.63) is 24.3 Å². The molecular weight excluding hydrogens is 174 g/mol. The molecule has 0 spiro atoms. The summed E-state index contributed by atoms with van der Waals surface area (Å²) in [5.74, 6) is 0. The van der Waals surface area contributed by atoms with Crippen LogP contribution in [0.3, 0.4) is 0 Å². The summed E-state index contributed by atoms with van der Waals surface area (Å²) in [6.45, 7) is 6.48. The van der Waals surface area contributed by atoms with E-state index >= 15 is 0 Å². The van der Waals surface area contributed by atoms with Crippen LogP contribution in [0.2, 0.25) is 0 Å². The molecule has 0 aliphatic carbocycles. The maximum absolute atomic E-state index is 6.05. The molecule has 1 rings (SSSR count). The van der Waals surface area contributed by atoms with Crippen molar-refractivity contribution >= 4 is 0 Å². The average molecular weight is 193 g/mol. The summed E-state index contributed by atoms with van der Waals surface area (Å²) in [4.78, 5) is 8.24. The molecule has 0 aliphatic heterocycles. The summed E-state index contributed by atoms with van der Waals surface area (Å²) in [6, 6.07) is 0.213. The van der Waals surface area contributed by atoms with Crippen LogP contribution < -0.4 is 5.73 Å². The van der Waals surface area contributed by atoms with E-state index in [4.69, 9.17) is 5.73 Å². The Labute approximate surface area is 85.8 Å². The van der Waals surface area contributed by atoms with Gasteiger partial charge in [0.05, 0.1) is 5.69 Å². The van der Waals surface area contributed by atoms with Gasteiger partial charge in [-0.1, -0.05) is 20.8 Å². The quantitative estimate of drug-likeness (QED) is 0.796. The first-order chi connectivity index (χ1) is 6.50. The predicted octanol–water partition coefficient (Wildman–Crippen LogP) is 1.78. The standard InChI is InChI=1S/C11H19N3/c1-11(2,3)10(12)5-4-9-8-13-6-7-14-9/h6-8,10H,4-5,12H2,1-3H3. The lowest BCUT2D eigenvalue weighted by Gasteiger charge is -2.26. The van der Waals surface area contributed by atoms with Crippen molar-refractivity contribution < 1.29 is 0 Å². The first kappa shape index (κ1) is 11.1. The molecule has 3 heteroatoms. The fraction of sp³-hybridized carbons (Fsp3) is 0.636. The van der Waals surface area contributed by atoms with Gasteiger partial charge in [-0.15, -0.1) is 0 Å². The largest absolute Gasteiger partial charge is 0.327 e. The van der Waals surface area contributed by atoms with E-state index in [1.807, 2.05) is 0 Å². The molecule has 1 aromatic heterocycles. The van der Waals surface area contributed by atoms with Gasteiger partial charge in [0.15, 0.2) is 0 Å². The Kier molecular flexibility index (Phi) is 3.58. The highest BCUT2D eigenvalue weighted by Crippen LogP contribution is 2.20. The molecule has 1 aromatic rings. The highest BCUT2D eigenvalue weighted by molar-refractivity contribution is 4.95. The van der Waals surface area contributed by atoms with Gasteiger partial charge in [0.25, 0.3) is 0 Å². The van der Waals surface area contributed by atoms with E-state index in [1.54, 1.807) is 18.6 Å². The summed E-state index contributed by atoms with van der Waals surface area (Å²) in [7, 11) is 0. The van der Waals surface area contributed by atoms with E-state index in [9.17, 15) is 0 Å². The zero-order valence-corrected chi connectivity index (χ0v) is 9.20. The van der Waals surface area contributed by atoms with Crippen molar-refractivity contribution in [3.8, 4) is 0 Å². The van der Waals surface area contributed by atoms with Gasteiger partial charge in [0.1, 0.15) is 0 Å². The molecule has 1 unspecified atom stereocenters. The van der Waals surface area contributed by atoms with Crippen molar-refractivity contribution in [2.45, 2.75) is 39.7 Å². The molecule has 0 amide bonds. The number of hydrogen-bond acceptors (Lipinski definition) is 3. The molecule has 0 saturated heterocycles. The van der Waals surface area contributed by atoms with E-state index in [2.05, 4.69) is 30.7 Å². The fourth-order valence-corrected chi connectivity index (χ4v) is 1.20. The van der Waals surface area contributed by atoms with Crippen LogP contribution in [0.15, 0.2) is 18.6 Å². The molecule has 0 bridgehead atoms. The maximum atomic E-state index is 6.05. The van der Waals surface area contributed by atoms with Crippen molar-refractivity contribution in [2.24, 2.45) is 11.1 Å². The van der Waals surface area contributed by atoms with Crippen LogP contribution in [-0.2, 0) is 6.42 Å². The number of hydrogen-bond donors (Lipinski definition) is 1. The Hall–Kier alpha value is -0.960. The molecule has 78 valence electrons. The van der Waals surface area contributed by atoms with Gasteiger partial charge in [-0.05, 0) is 18.3 Å². The number of nitrogens with zero attached hydrogens (tertiary/aromatic N) is 2. The summed E-state index contributed by atoms with van der Waals surface area (Å²) in [6.07, 6.45) is 7.08. The van der Waals surface area contributed by atoms with Crippen LogP contribution in [0.1, 0.15) is 32.9 Å². The van der Waals surface area contributed by atoms with E-state index < -0.39 is 0 Å². The summed E-state index contributed by atoms with van der Waals surface area (Å²) < 4.78 is 0. The van der Waals surface area contributed by atoms with E-state index in [0.29, 0.717) is 0 Å². The second-order valence-corrected chi connectivity index (χ2v) is 4.71. The summed E-state index contributed by atoms with van der Waals surface area (Å²) in [5, 5.41) is 0. The van der Waals surface area contributed by atoms with Crippen molar-refractivity contribution in [3.63, 3.8) is 0 Å². The van der Waals surface area contributed by atoms with Crippen molar-refractivity contribution in [1.29, 1.82) is 0 Å². The highest BCUT2D eigenvalue weighted by atomic mass is 14.8. The van der Waals surface area contributed by atoms with Crippen LogP contribution in [-0.4, -0.2) is 16.0 Å². The summed E-state index contributed by atoms with van der Waals surface area (Å²) >= 11 is 0. The lowest BCUT2D eigenvalue weighted by molar-refractivity contribution is 0.305. The van der Waals surface area contributed by atoms with Gasteiger partial charge in [-0.25, -0.2) is 0 Å². The monoisotopic (exact) mass is 193 g/mol. The van der Waals surface area contributed by atoms with Crippen LogP contribution in [0.5, 0.6) is 0 Å². The van der Waals surface area contributed by atoms with Crippen LogP contribution in [0.25, 0.3) is 0 Å². The third kappa shape index (κ3) is 3.42. The van der Waals surface area contributed by atoms with Gasteiger partial charge in [0, 0.05) is 24.6 Å². The normalized spacial score (nSPS) is 14.0. The van der Waals surface area contributed by atoms with Gasteiger partial charge < -0.3 is 5.73 Å². The Bertz CT molecular complexity index is 264. The van der Waals surface area contributed by atoms with Crippen LogP contribution in [0, 0.1) is 5.41 Å². The highest BCUT2D eigenvalue weighted by Gasteiger charge is 2.20. The molecule has 3 nitrogen and oxygen atoms in total. The molecule has 1 heterocycles. The van der Waals surface area contributed by atoms with Crippen LogP contribution >= 0.6 is 0 Å². The minimum Gasteiger partial charge on any atom is -0.327 e. The first-order valence-electron chi connectivity index (χ1n) is 5.00. The molecule has 0 radical (unpaired) electrons. The van der Waals surface area contributed by atoms with Crippen molar-refractivity contribution in [1.82, 2.24) is 9.97 Å². The molecule has 14 heavy (non-hydrogen) atoms. The Morgan fingerprint density at radius 1 is 1.36 bits per heavy atom. The number of aromatic nitrogens is 2. The minimum absolute atomic E-state index is 0.169.